The molecule has 21 heavy (non-hydrogen) atoms. The first-order valence-corrected chi connectivity index (χ1v) is 8.34. The zero-order valence-electron chi connectivity index (χ0n) is 13.0. The number of hydrogen-bond donors (Lipinski definition) is 0. The van der Waals surface area contributed by atoms with Crippen LogP contribution >= 0.6 is 11.3 Å². The van der Waals surface area contributed by atoms with Crippen molar-refractivity contribution in [2.75, 3.05) is 20.3 Å². The number of aryl methyl sites for hydroxylation is 2. The Morgan fingerprint density at radius 2 is 2.29 bits per heavy atom. The van der Waals surface area contributed by atoms with Gasteiger partial charge in [0.15, 0.2) is 0 Å². The number of nitrogens with zero attached hydrogens (tertiary/aromatic N) is 3. The fourth-order valence-corrected chi connectivity index (χ4v) is 3.99. The van der Waals surface area contributed by atoms with E-state index >= 15 is 0 Å². The first-order valence-electron chi connectivity index (χ1n) is 7.52. The summed E-state index contributed by atoms with van der Waals surface area (Å²) in [5.41, 5.74) is 2.59. The summed E-state index contributed by atoms with van der Waals surface area (Å²) in [5.74, 6) is 0.382. The van der Waals surface area contributed by atoms with Crippen LogP contribution in [0.3, 0.4) is 0 Å². The van der Waals surface area contributed by atoms with Crippen molar-refractivity contribution >= 4 is 11.3 Å². The van der Waals surface area contributed by atoms with Gasteiger partial charge in [-0.25, -0.2) is 0 Å². The number of rotatable bonds is 5. The quantitative estimate of drug-likeness (QED) is 0.850. The molecule has 0 aliphatic carbocycles. The average Bonchev–Trinajstić information content (AvgIpc) is 3.05. The molecule has 3 heterocycles. The van der Waals surface area contributed by atoms with Crippen LogP contribution in [0.25, 0.3) is 0 Å². The van der Waals surface area contributed by atoms with Gasteiger partial charge in [0.2, 0.25) is 0 Å². The third-order valence-electron chi connectivity index (χ3n) is 4.00. The second-order valence-electron chi connectivity index (χ2n) is 5.73. The van der Waals surface area contributed by atoms with E-state index in [0.717, 1.165) is 32.8 Å². The van der Waals surface area contributed by atoms with Gasteiger partial charge in [-0.3, -0.25) is 9.58 Å². The second-order valence-corrected chi connectivity index (χ2v) is 7.10. The Morgan fingerprint density at radius 1 is 1.43 bits per heavy atom. The number of ether oxygens (including phenoxy) is 1. The molecule has 114 valence electrons. The van der Waals surface area contributed by atoms with E-state index in [1.54, 1.807) is 7.11 Å². The maximum Gasteiger partial charge on any atom is 0.0736 e. The van der Waals surface area contributed by atoms with Crippen molar-refractivity contribution in [3.05, 3.63) is 39.3 Å². The van der Waals surface area contributed by atoms with Crippen LogP contribution in [0, 0.1) is 6.92 Å². The van der Waals surface area contributed by atoms with Crippen LogP contribution in [0.15, 0.2) is 18.3 Å². The lowest BCUT2D eigenvalue weighted by molar-refractivity contribution is 0.135. The molecule has 1 aliphatic heterocycles. The van der Waals surface area contributed by atoms with Crippen molar-refractivity contribution in [1.29, 1.82) is 0 Å². The van der Waals surface area contributed by atoms with E-state index in [0.29, 0.717) is 5.92 Å². The predicted octanol–water partition coefficient (Wildman–Crippen LogP) is 3.02. The van der Waals surface area contributed by atoms with Gasteiger partial charge < -0.3 is 4.74 Å². The molecule has 0 spiro atoms. The summed E-state index contributed by atoms with van der Waals surface area (Å²) < 4.78 is 7.46. The number of fused-ring (bicyclic) bond motifs is 1. The lowest BCUT2D eigenvalue weighted by Gasteiger charge is -2.31. The van der Waals surface area contributed by atoms with Gasteiger partial charge in [0, 0.05) is 60.7 Å². The number of aromatic nitrogens is 2. The van der Waals surface area contributed by atoms with Crippen molar-refractivity contribution in [1.82, 2.24) is 14.7 Å². The summed E-state index contributed by atoms with van der Waals surface area (Å²) in [5, 5.41) is 4.73. The average molecular weight is 305 g/mol. The lowest BCUT2D eigenvalue weighted by Crippen LogP contribution is -2.34. The Balaban J connectivity index is 1.79. The van der Waals surface area contributed by atoms with E-state index in [-0.39, 0.29) is 0 Å². The fourth-order valence-electron chi connectivity index (χ4n) is 3.05. The maximum absolute atomic E-state index is 5.41. The molecule has 3 rings (SSSR count). The van der Waals surface area contributed by atoms with Crippen LogP contribution < -0.4 is 0 Å². The highest BCUT2D eigenvalue weighted by atomic mass is 32.1. The number of hydrogen-bond acceptors (Lipinski definition) is 4. The first kappa shape index (κ1) is 14.8. The summed E-state index contributed by atoms with van der Waals surface area (Å²) in [7, 11) is 1.78. The Hall–Kier alpha value is -1.17. The molecule has 2 aromatic rings. The molecule has 0 amide bonds. The van der Waals surface area contributed by atoms with Crippen LogP contribution in [0.2, 0.25) is 0 Å². The second kappa shape index (κ2) is 6.30. The Kier molecular flexibility index (Phi) is 4.42. The number of methoxy groups -OCH3 is 1. The summed E-state index contributed by atoms with van der Waals surface area (Å²) in [6.45, 7) is 9.02. The van der Waals surface area contributed by atoms with Crippen LogP contribution in [0.4, 0.5) is 0 Å². The van der Waals surface area contributed by atoms with Gasteiger partial charge in [-0.05, 0) is 26.0 Å². The summed E-state index contributed by atoms with van der Waals surface area (Å²) in [6, 6.07) is 4.45. The molecule has 0 saturated carbocycles. The Labute approximate surface area is 130 Å². The lowest BCUT2D eigenvalue weighted by atomic mass is 9.97. The molecule has 5 heteroatoms. The molecule has 0 radical (unpaired) electrons. The minimum atomic E-state index is 0.382. The SMILES string of the molecule is CCn1cc2c(n1)[C@@H](COC)CN(Cc1ccc(C)s1)C2. The molecule has 2 aromatic heterocycles. The molecule has 1 atom stereocenters. The minimum absolute atomic E-state index is 0.382. The summed E-state index contributed by atoms with van der Waals surface area (Å²) in [4.78, 5) is 5.34. The maximum atomic E-state index is 5.41. The number of thiophene rings is 1. The van der Waals surface area contributed by atoms with Gasteiger partial charge in [-0.15, -0.1) is 11.3 Å². The van der Waals surface area contributed by atoms with Gasteiger partial charge in [0.1, 0.15) is 0 Å². The predicted molar refractivity (Wildman–Crippen MR) is 85.7 cm³/mol. The molecule has 4 nitrogen and oxygen atoms in total. The molecular formula is C16H23N3OS. The summed E-state index contributed by atoms with van der Waals surface area (Å²) >= 11 is 1.89. The zero-order valence-corrected chi connectivity index (χ0v) is 13.8. The smallest absolute Gasteiger partial charge is 0.0736 e. The van der Waals surface area contributed by atoms with Crippen molar-refractivity contribution < 1.29 is 4.74 Å². The van der Waals surface area contributed by atoms with Gasteiger partial charge in [-0.2, -0.15) is 5.10 Å². The molecular weight excluding hydrogens is 282 g/mol. The normalized spacial score (nSPS) is 18.9. The highest BCUT2D eigenvalue weighted by Gasteiger charge is 2.28. The first-order chi connectivity index (χ1) is 10.2. The molecule has 0 aromatic carbocycles. The van der Waals surface area contributed by atoms with E-state index in [9.17, 15) is 0 Å². The summed E-state index contributed by atoms with van der Waals surface area (Å²) in [6.07, 6.45) is 2.20. The highest BCUT2D eigenvalue weighted by Crippen LogP contribution is 2.29. The van der Waals surface area contributed by atoms with Crippen molar-refractivity contribution in [3.8, 4) is 0 Å². The van der Waals surface area contributed by atoms with E-state index in [1.807, 2.05) is 16.0 Å². The van der Waals surface area contributed by atoms with Crippen molar-refractivity contribution in [2.45, 2.75) is 39.4 Å². The highest BCUT2D eigenvalue weighted by molar-refractivity contribution is 7.11. The van der Waals surface area contributed by atoms with Crippen molar-refractivity contribution in [2.24, 2.45) is 0 Å². The molecule has 0 saturated heterocycles. The Bertz CT molecular complexity index is 604. The topological polar surface area (TPSA) is 30.3 Å². The molecule has 0 bridgehead atoms. The van der Waals surface area contributed by atoms with E-state index < -0.39 is 0 Å². The van der Waals surface area contributed by atoms with Crippen LogP contribution in [-0.4, -0.2) is 34.9 Å². The van der Waals surface area contributed by atoms with Crippen LogP contribution in [0.1, 0.15) is 33.9 Å². The van der Waals surface area contributed by atoms with E-state index in [1.165, 1.54) is 21.0 Å². The molecule has 0 N–H and O–H groups in total. The Morgan fingerprint density at radius 3 is 2.95 bits per heavy atom. The zero-order chi connectivity index (χ0) is 14.8. The standard InChI is InChI=1S/C16H23N3OS/c1-4-19-9-13-7-18(10-15-6-5-12(2)21-15)8-14(11-20-3)16(13)17-19/h5-6,9,14H,4,7-8,10-11H2,1-3H3/t14-/m1/s1. The van der Waals surface area contributed by atoms with Gasteiger partial charge in [0.25, 0.3) is 0 Å². The van der Waals surface area contributed by atoms with Gasteiger partial charge >= 0.3 is 0 Å². The van der Waals surface area contributed by atoms with Gasteiger partial charge in [0.05, 0.1) is 12.3 Å². The van der Waals surface area contributed by atoms with Gasteiger partial charge in [-0.1, -0.05) is 0 Å². The fraction of sp³-hybridized carbons (Fsp3) is 0.562. The third-order valence-corrected chi connectivity index (χ3v) is 4.98. The largest absolute Gasteiger partial charge is 0.384 e. The van der Waals surface area contributed by atoms with Crippen LogP contribution in [-0.2, 0) is 24.4 Å². The van der Waals surface area contributed by atoms with Crippen LogP contribution in [0.5, 0.6) is 0 Å². The monoisotopic (exact) mass is 305 g/mol. The third kappa shape index (κ3) is 3.20. The molecule has 0 fully saturated rings. The van der Waals surface area contributed by atoms with Crippen molar-refractivity contribution in [3.63, 3.8) is 0 Å². The molecule has 0 unspecified atom stereocenters. The minimum Gasteiger partial charge on any atom is -0.384 e. The van der Waals surface area contributed by atoms with E-state index in [2.05, 4.69) is 37.1 Å². The molecule has 1 aliphatic rings. The van der Waals surface area contributed by atoms with E-state index in [4.69, 9.17) is 9.84 Å².